The minimum atomic E-state index is 0.0314. The summed E-state index contributed by atoms with van der Waals surface area (Å²) in [4.78, 5) is 14.1. The Labute approximate surface area is 112 Å². The lowest BCUT2D eigenvalue weighted by Gasteiger charge is -2.31. The van der Waals surface area contributed by atoms with Gasteiger partial charge in [-0.15, -0.1) is 10.2 Å². The zero-order valence-electron chi connectivity index (χ0n) is 11.0. The van der Waals surface area contributed by atoms with E-state index in [1.165, 1.54) is 24.2 Å². The molecule has 1 aliphatic rings. The molecule has 1 aromatic heterocycles. The predicted molar refractivity (Wildman–Crippen MR) is 73.0 cm³/mol. The standard InChI is InChI=1S/C12H20N4OS/c1-3-4-9-5-7-16(8-6-9)11(17)10-14-15-12(13-2)18-10/h9H,3-8H2,1-2H3,(H,13,15). The molecule has 1 amide bonds. The lowest BCUT2D eigenvalue weighted by Crippen LogP contribution is -2.38. The second-order valence-electron chi connectivity index (χ2n) is 4.69. The van der Waals surface area contributed by atoms with Gasteiger partial charge in [-0.25, -0.2) is 0 Å². The molecular formula is C12H20N4OS. The fourth-order valence-corrected chi connectivity index (χ4v) is 3.04. The number of hydrogen-bond donors (Lipinski definition) is 1. The summed E-state index contributed by atoms with van der Waals surface area (Å²) < 4.78 is 0. The minimum absolute atomic E-state index is 0.0314. The summed E-state index contributed by atoms with van der Waals surface area (Å²) in [6, 6.07) is 0. The van der Waals surface area contributed by atoms with Crippen molar-refractivity contribution in [2.75, 3.05) is 25.5 Å². The number of piperidine rings is 1. The van der Waals surface area contributed by atoms with Crippen LogP contribution < -0.4 is 5.32 Å². The van der Waals surface area contributed by atoms with Crippen LogP contribution in [0.1, 0.15) is 42.4 Å². The monoisotopic (exact) mass is 268 g/mol. The number of carbonyl (C=O) groups is 1. The molecule has 0 saturated carbocycles. The maximum Gasteiger partial charge on any atom is 0.284 e. The lowest BCUT2D eigenvalue weighted by molar-refractivity contribution is 0.0685. The number of aromatic nitrogens is 2. The fourth-order valence-electron chi connectivity index (χ4n) is 2.38. The molecule has 1 N–H and O–H groups in total. The molecule has 5 nitrogen and oxygen atoms in total. The number of rotatable bonds is 4. The van der Waals surface area contributed by atoms with Crippen LogP contribution in [0.2, 0.25) is 0 Å². The number of likely N-dealkylation sites (tertiary alicyclic amines) is 1. The summed E-state index contributed by atoms with van der Waals surface area (Å²) in [5, 5.41) is 11.9. The third kappa shape index (κ3) is 2.98. The molecule has 0 atom stereocenters. The first-order valence-electron chi connectivity index (χ1n) is 6.55. The Morgan fingerprint density at radius 3 is 2.72 bits per heavy atom. The first kappa shape index (κ1) is 13.3. The highest BCUT2D eigenvalue weighted by Crippen LogP contribution is 2.24. The van der Waals surface area contributed by atoms with E-state index in [0.29, 0.717) is 10.1 Å². The van der Waals surface area contributed by atoms with Gasteiger partial charge < -0.3 is 10.2 Å². The van der Waals surface area contributed by atoms with Crippen molar-refractivity contribution in [2.45, 2.75) is 32.6 Å². The summed E-state index contributed by atoms with van der Waals surface area (Å²) in [6.45, 7) is 3.94. The second kappa shape index (κ2) is 6.13. The smallest absolute Gasteiger partial charge is 0.284 e. The Bertz CT molecular complexity index is 399. The van der Waals surface area contributed by atoms with Gasteiger partial charge in [-0.3, -0.25) is 4.79 Å². The van der Waals surface area contributed by atoms with Crippen molar-refractivity contribution in [2.24, 2.45) is 5.92 Å². The van der Waals surface area contributed by atoms with E-state index in [0.717, 1.165) is 31.8 Å². The molecular weight excluding hydrogens is 248 g/mol. The molecule has 1 fully saturated rings. The Hall–Kier alpha value is -1.17. The quantitative estimate of drug-likeness (QED) is 0.909. The van der Waals surface area contributed by atoms with Crippen LogP contribution in [-0.4, -0.2) is 41.1 Å². The van der Waals surface area contributed by atoms with Crippen LogP contribution >= 0.6 is 11.3 Å². The Kier molecular flexibility index (Phi) is 4.52. The number of nitrogens with one attached hydrogen (secondary N) is 1. The average molecular weight is 268 g/mol. The van der Waals surface area contributed by atoms with Crippen molar-refractivity contribution in [3.63, 3.8) is 0 Å². The van der Waals surface area contributed by atoms with Gasteiger partial charge in [0.25, 0.3) is 5.91 Å². The van der Waals surface area contributed by atoms with Gasteiger partial charge in [-0.1, -0.05) is 31.1 Å². The van der Waals surface area contributed by atoms with Gasteiger partial charge in [0.05, 0.1) is 0 Å². The van der Waals surface area contributed by atoms with E-state index in [1.54, 1.807) is 7.05 Å². The average Bonchev–Trinajstić information content (AvgIpc) is 2.88. The minimum Gasteiger partial charge on any atom is -0.363 e. The first-order chi connectivity index (χ1) is 8.74. The van der Waals surface area contributed by atoms with Crippen LogP contribution in [0.25, 0.3) is 0 Å². The van der Waals surface area contributed by atoms with Crippen molar-refractivity contribution in [3.05, 3.63) is 5.01 Å². The van der Waals surface area contributed by atoms with Crippen molar-refractivity contribution in [1.82, 2.24) is 15.1 Å². The zero-order chi connectivity index (χ0) is 13.0. The van der Waals surface area contributed by atoms with Crippen LogP contribution in [0.4, 0.5) is 5.13 Å². The number of amides is 1. The molecule has 0 spiro atoms. The van der Waals surface area contributed by atoms with Crippen LogP contribution in [0.5, 0.6) is 0 Å². The summed E-state index contributed by atoms with van der Waals surface area (Å²) in [5.41, 5.74) is 0. The molecule has 0 aromatic carbocycles. The first-order valence-corrected chi connectivity index (χ1v) is 7.36. The molecule has 0 aliphatic carbocycles. The van der Waals surface area contributed by atoms with Crippen LogP contribution in [-0.2, 0) is 0 Å². The second-order valence-corrected chi connectivity index (χ2v) is 5.66. The molecule has 1 aliphatic heterocycles. The summed E-state index contributed by atoms with van der Waals surface area (Å²) in [5.74, 6) is 0.824. The van der Waals surface area contributed by atoms with Gasteiger partial charge in [0.2, 0.25) is 10.1 Å². The number of carbonyl (C=O) groups excluding carboxylic acids is 1. The molecule has 100 valence electrons. The number of hydrogen-bond acceptors (Lipinski definition) is 5. The zero-order valence-corrected chi connectivity index (χ0v) is 11.8. The van der Waals surface area contributed by atoms with Gasteiger partial charge in [-0.2, -0.15) is 0 Å². The summed E-state index contributed by atoms with van der Waals surface area (Å²) in [6.07, 6.45) is 4.76. The van der Waals surface area contributed by atoms with Gasteiger partial charge in [0.1, 0.15) is 0 Å². The largest absolute Gasteiger partial charge is 0.363 e. The SMILES string of the molecule is CCCC1CCN(C(=O)c2nnc(NC)s2)CC1. The van der Waals surface area contributed by atoms with Crippen molar-refractivity contribution >= 4 is 22.4 Å². The molecule has 1 saturated heterocycles. The highest BCUT2D eigenvalue weighted by Gasteiger charge is 2.25. The normalized spacial score (nSPS) is 16.9. The van der Waals surface area contributed by atoms with Crippen LogP contribution in [0.3, 0.4) is 0 Å². The summed E-state index contributed by atoms with van der Waals surface area (Å²) >= 11 is 1.32. The van der Waals surface area contributed by atoms with E-state index in [9.17, 15) is 4.79 Å². The van der Waals surface area contributed by atoms with Gasteiger partial charge in [0, 0.05) is 20.1 Å². The van der Waals surface area contributed by atoms with Crippen LogP contribution in [0.15, 0.2) is 0 Å². The molecule has 0 unspecified atom stereocenters. The molecule has 2 heterocycles. The molecule has 1 aromatic rings. The van der Waals surface area contributed by atoms with E-state index in [4.69, 9.17) is 0 Å². The maximum atomic E-state index is 12.2. The van der Waals surface area contributed by atoms with E-state index in [-0.39, 0.29) is 5.91 Å². The van der Waals surface area contributed by atoms with E-state index >= 15 is 0 Å². The third-order valence-corrected chi connectivity index (χ3v) is 4.35. The number of anilines is 1. The fraction of sp³-hybridized carbons (Fsp3) is 0.750. The van der Waals surface area contributed by atoms with E-state index in [1.807, 2.05) is 4.90 Å². The molecule has 18 heavy (non-hydrogen) atoms. The highest BCUT2D eigenvalue weighted by molar-refractivity contribution is 7.17. The highest BCUT2D eigenvalue weighted by atomic mass is 32.1. The van der Waals surface area contributed by atoms with E-state index in [2.05, 4.69) is 22.4 Å². The Morgan fingerprint density at radius 1 is 1.44 bits per heavy atom. The predicted octanol–water partition coefficient (Wildman–Crippen LogP) is 2.23. The maximum absolute atomic E-state index is 12.2. The Balaban J connectivity index is 1.91. The van der Waals surface area contributed by atoms with Crippen molar-refractivity contribution in [3.8, 4) is 0 Å². The molecule has 0 radical (unpaired) electrons. The third-order valence-electron chi connectivity index (χ3n) is 3.42. The molecule has 6 heteroatoms. The number of nitrogens with zero attached hydrogens (tertiary/aromatic N) is 3. The summed E-state index contributed by atoms with van der Waals surface area (Å²) in [7, 11) is 1.78. The Morgan fingerprint density at radius 2 is 2.17 bits per heavy atom. The van der Waals surface area contributed by atoms with Crippen molar-refractivity contribution in [1.29, 1.82) is 0 Å². The van der Waals surface area contributed by atoms with Gasteiger partial charge >= 0.3 is 0 Å². The molecule has 2 rings (SSSR count). The lowest BCUT2D eigenvalue weighted by atomic mass is 9.92. The molecule has 0 bridgehead atoms. The van der Waals surface area contributed by atoms with E-state index < -0.39 is 0 Å². The van der Waals surface area contributed by atoms with Crippen molar-refractivity contribution < 1.29 is 4.79 Å². The van der Waals surface area contributed by atoms with Gasteiger partial charge in [0.15, 0.2) is 0 Å². The van der Waals surface area contributed by atoms with Gasteiger partial charge in [-0.05, 0) is 18.8 Å². The topological polar surface area (TPSA) is 58.1 Å². The van der Waals surface area contributed by atoms with Crippen LogP contribution in [0, 0.1) is 5.92 Å².